The highest BCUT2D eigenvalue weighted by atomic mass is 79.9. The number of alkyl halides is 1. The van der Waals surface area contributed by atoms with Crippen molar-refractivity contribution in [2.45, 2.75) is 31.0 Å². The molecule has 0 fully saturated rings. The Bertz CT molecular complexity index is 545. The summed E-state index contributed by atoms with van der Waals surface area (Å²) in [6, 6.07) is 13.0. The topological polar surface area (TPSA) is 0 Å². The second-order valence-corrected chi connectivity index (χ2v) is 6.17. The van der Waals surface area contributed by atoms with Crippen molar-refractivity contribution in [1.29, 1.82) is 0 Å². The average molecular weight is 356 g/mol. The van der Waals surface area contributed by atoms with E-state index in [1.54, 1.807) is 12.1 Å². The molecule has 20 heavy (non-hydrogen) atoms. The van der Waals surface area contributed by atoms with E-state index in [0.717, 1.165) is 12.0 Å². The van der Waals surface area contributed by atoms with E-state index >= 15 is 0 Å². The third kappa shape index (κ3) is 3.62. The summed E-state index contributed by atoms with van der Waals surface area (Å²) in [4.78, 5) is -0.226. The van der Waals surface area contributed by atoms with Gasteiger partial charge in [-0.15, -0.1) is 0 Å². The van der Waals surface area contributed by atoms with Gasteiger partial charge in [0, 0.05) is 10.6 Å². The Morgan fingerprint density at radius 2 is 1.85 bits per heavy atom. The van der Waals surface area contributed by atoms with Crippen LogP contribution < -0.4 is 0 Å². The molecule has 2 aromatic carbocycles. The molecule has 1 atom stereocenters. The molecule has 0 N–H and O–H groups in total. The van der Waals surface area contributed by atoms with Gasteiger partial charge in [0.05, 0.1) is 4.83 Å². The number of hydrogen-bond acceptors (Lipinski definition) is 0. The molecule has 0 radical (unpaired) electrons. The van der Waals surface area contributed by atoms with Crippen molar-refractivity contribution in [2.24, 2.45) is 0 Å². The monoisotopic (exact) mass is 354 g/mol. The SMILES string of the molecule is CCCCc1ccc(C(Br)c2c(F)cccc2Cl)cc1. The van der Waals surface area contributed by atoms with Gasteiger partial charge in [0.15, 0.2) is 0 Å². The minimum absolute atomic E-state index is 0.226. The van der Waals surface area contributed by atoms with Crippen LogP contribution in [0.25, 0.3) is 0 Å². The summed E-state index contributed by atoms with van der Waals surface area (Å²) in [7, 11) is 0. The number of aryl methyl sites for hydroxylation is 1. The molecular formula is C17H17BrClF. The maximum Gasteiger partial charge on any atom is 0.129 e. The van der Waals surface area contributed by atoms with Crippen molar-refractivity contribution in [3.05, 3.63) is 70.0 Å². The lowest BCUT2D eigenvalue weighted by molar-refractivity contribution is 0.613. The van der Waals surface area contributed by atoms with Crippen LogP contribution in [0.4, 0.5) is 4.39 Å². The fourth-order valence-corrected chi connectivity index (χ4v) is 3.33. The maximum atomic E-state index is 13.9. The van der Waals surface area contributed by atoms with Crippen LogP contribution in [0.2, 0.25) is 5.02 Å². The van der Waals surface area contributed by atoms with Gasteiger partial charge in [-0.3, -0.25) is 0 Å². The number of unbranched alkanes of at least 4 members (excludes halogenated alkanes) is 1. The molecule has 2 rings (SSSR count). The Labute approximate surface area is 133 Å². The predicted molar refractivity (Wildman–Crippen MR) is 87.2 cm³/mol. The molecule has 106 valence electrons. The highest BCUT2D eigenvalue weighted by Gasteiger charge is 2.17. The Balaban J connectivity index is 2.23. The molecule has 2 aromatic rings. The molecule has 0 saturated heterocycles. The fraction of sp³-hybridized carbons (Fsp3) is 0.294. The molecule has 1 unspecified atom stereocenters. The van der Waals surface area contributed by atoms with Gasteiger partial charge in [-0.2, -0.15) is 0 Å². The van der Waals surface area contributed by atoms with Crippen molar-refractivity contribution >= 4 is 27.5 Å². The zero-order chi connectivity index (χ0) is 14.5. The van der Waals surface area contributed by atoms with Gasteiger partial charge in [-0.1, -0.05) is 71.2 Å². The second kappa shape index (κ2) is 7.24. The Kier molecular flexibility index (Phi) is 5.62. The zero-order valence-electron chi connectivity index (χ0n) is 11.4. The number of halogens is 3. The minimum atomic E-state index is -0.283. The molecule has 0 aliphatic heterocycles. The van der Waals surface area contributed by atoms with Gasteiger partial charge < -0.3 is 0 Å². The van der Waals surface area contributed by atoms with E-state index in [0.29, 0.717) is 10.6 Å². The van der Waals surface area contributed by atoms with E-state index in [1.807, 2.05) is 12.1 Å². The molecule has 0 bridgehead atoms. The van der Waals surface area contributed by atoms with E-state index in [-0.39, 0.29) is 10.6 Å². The summed E-state index contributed by atoms with van der Waals surface area (Å²) in [5.41, 5.74) is 2.82. The third-order valence-corrected chi connectivity index (χ3v) is 4.66. The minimum Gasteiger partial charge on any atom is -0.207 e. The molecule has 0 aliphatic carbocycles. The third-order valence-electron chi connectivity index (χ3n) is 3.34. The molecule has 0 nitrogen and oxygen atoms in total. The lowest BCUT2D eigenvalue weighted by atomic mass is 10.0. The van der Waals surface area contributed by atoms with E-state index in [9.17, 15) is 4.39 Å². The van der Waals surface area contributed by atoms with Crippen LogP contribution in [0.3, 0.4) is 0 Å². The first-order valence-electron chi connectivity index (χ1n) is 6.80. The molecule has 0 aliphatic rings. The molecule has 0 spiro atoms. The molecule has 0 heterocycles. The van der Waals surface area contributed by atoms with Crippen molar-refractivity contribution in [3.63, 3.8) is 0 Å². The van der Waals surface area contributed by atoms with Gasteiger partial charge in [-0.05, 0) is 36.1 Å². The van der Waals surface area contributed by atoms with E-state index in [1.165, 1.54) is 24.5 Å². The van der Waals surface area contributed by atoms with Crippen LogP contribution in [-0.2, 0) is 6.42 Å². The summed E-state index contributed by atoms with van der Waals surface area (Å²) in [5, 5.41) is 0.446. The Morgan fingerprint density at radius 1 is 1.15 bits per heavy atom. The van der Waals surface area contributed by atoms with Crippen LogP contribution in [0, 0.1) is 5.82 Å². The number of rotatable bonds is 5. The molecule has 0 saturated carbocycles. The standard InChI is InChI=1S/C17H17BrClF/c1-2-3-5-12-8-10-13(11-9-12)17(18)16-14(19)6-4-7-15(16)20/h4,6-11,17H,2-3,5H2,1H3. The Hall–Kier alpha value is -0.860. The fourth-order valence-electron chi connectivity index (χ4n) is 2.15. The maximum absolute atomic E-state index is 13.9. The average Bonchev–Trinajstić information content (AvgIpc) is 2.45. The second-order valence-electron chi connectivity index (χ2n) is 4.84. The summed E-state index contributed by atoms with van der Waals surface area (Å²) in [6.45, 7) is 2.18. The first-order chi connectivity index (χ1) is 9.63. The van der Waals surface area contributed by atoms with Crippen molar-refractivity contribution in [1.82, 2.24) is 0 Å². The van der Waals surface area contributed by atoms with Gasteiger partial charge in [0.1, 0.15) is 5.82 Å². The van der Waals surface area contributed by atoms with Crippen molar-refractivity contribution in [2.75, 3.05) is 0 Å². The van der Waals surface area contributed by atoms with Gasteiger partial charge in [0.2, 0.25) is 0 Å². The van der Waals surface area contributed by atoms with Crippen molar-refractivity contribution < 1.29 is 4.39 Å². The van der Waals surface area contributed by atoms with Crippen LogP contribution >= 0.6 is 27.5 Å². The summed E-state index contributed by atoms with van der Waals surface area (Å²) in [6.07, 6.45) is 3.47. The quantitative estimate of drug-likeness (QED) is 0.552. The molecule has 3 heteroatoms. The van der Waals surface area contributed by atoms with Crippen LogP contribution in [0.1, 0.15) is 41.3 Å². The number of hydrogen-bond donors (Lipinski definition) is 0. The Morgan fingerprint density at radius 3 is 2.45 bits per heavy atom. The predicted octanol–water partition coefficient (Wildman–Crippen LogP) is 6.31. The summed E-state index contributed by atoms with van der Waals surface area (Å²) in [5.74, 6) is -0.283. The summed E-state index contributed by atoms with van der Waals surface area (Å²) >= 11 is 9.65. The molecule has 0 aromatic heterocycles. The van der Waals surface area contributed by atoms with E-state index in [2.05, 4.69) is 35.0 Å². The van der Waals surface area contributed by atoms with E-state index in [4.69, 9.17) is 11.6 Å². The zero-order valence-corrected chi connectivity index (χ0v) is 13.7. The van der Waals surface area contributed by atoms with Gasteiger partial charge in [-0.25, -0.2) is 4.39 Å². The first kappa shape index (κ1) is 15.5. The smallest absolute Gasteiger partial charge is 0.129 e. The van der Waals surface area contributed by atoms with Gasteiger partial charge >= 0.3 is 0 Å². The highest BCUT2D eigenvalue weighted by Crippen LogP contribution is 2.36. The number of benzene rings is 2. The summed E-state index contributed by atoms with van der Waals surface area (Å²) < 4.78 is 13.9. The van der Waals surface area contributed by atoms with Gasteiger partial charge in [0.25, 0.3) is 0 Å². The van der Waals surface area contributed by atoms with Crippen LogP contribution in [0.5, 0.6) is 0 Å². The normalized spacial score (nSPS) is 12.4. The lowest BCUT2D eigenvalue weighted by Crippen LogP contribution is -1.98. The van der Waals surface area contributed by atoms with E-state index < -0.39 is 0 Å². The first-order valence-corrected chi connectivity index (χ1v) is 8.09. The molecular weight excluding hydrogens is 339 g/mol. The van der Waals surface area contributed by atoms with Crippen molar-refractivity contribution in [3.8, 4) is 0 Å². The highest BCUT2D eigenvalue weighted by molar-refractivity contribution is 9.09. The van der Waals surface area contributed by atoms with Crippen LogP contribution in [0.15, 0.2) is 42.5 Å². The van der Waals surface area contributed by atoms with Crippen LogP contribution in [-0.4, -0.2) is 0 Å². The largest absolute Gasteiger partial charge is 0.207 e. The molecule has 0 amide bonds. The lowest BCUT2D eigenvalue weighted by Gasteiger charge is -2.14.